The minimum atomic E-state index is -4.84. The van der Waals surface area contributed by atoms with E-state index in [2.05, 4.69) is 11.4 Å². The highest BCUT2D eigenvalue weighted by molar-refractivity contribution is 7.91. The van der Waals surface area contributed by atoms with Crippen LogP contribution in [-0.2, 0) is 23.7 Å². The summed E-state index contributed by atoms with van der Waals surface area (Å²) in [7, 11) is -0.904. The van der Waals surface area contributed by atoms with Crippen LogP contribution in [0.4, 0.5) is 0 Å². The lowest BCUT2D eigenvalue weighted by Crippen LogP contribution is -2.49. The first kappa shape index (κ1) is 36.0. The van der Waals surface area contributed by atoms with Crippen molar-refractivity contribution < 1.29 is 36.5 Å². The maximum absolute atomic E-state index is 12.8. The van der Waals surface area contributed by atoms with Crippen molar-refractivity contribution in [2.24, 2.45) is 5.92 Å². The smallest absolute Gasteiger partial charge is 0.265 e. The van der Waals surface area contributed by atoms with Crippen molar-refractivity contribution in [1.29, 1.82) is 0 Å². The number of ether oxygens (including phenoxy) is 1. The summed E-state index contributed by atoms with van der Waals surface area (Å²) in [6.07, 6.45) is 17.6. The summed E-state index contributed by atoms with van der Waals surface area (Å²) < 4.78 is 46.8. The lowest BCUT2D eigenvalue weighted by Gasteiger charge is -2.36. The monoisotopic (exact) mass is 557 g/mol. The molecule has 0 aliphatic heterocycles. The van der Waals surface area contributed by atoms with Crippen LogP contribution in [0.25, 0.3) is 0 Å². The Bertz CT molecular complexity index is 676. The Kier molecular flexibility index (Phi) is 20.0. The van der Waals surface area contributed by atoms with Crippen LogP contribution in [0.2, 0.25) is 0 Å². The number of unbranched alkanes of at least 4 members (excludes halogenated alkanes) is 13. The number of likely N-dealkylation sites (N-methyl/N-ethyl adjacent to an activating group) is 1. The standard InChI is InChI=1S/C26H56NO7PS/c1-6-7-8-9-10-11-12-13-14-15-16-17-18-19-20-36(31,32)24-25(22-33-5)21-26(27(2,3)4)23-34-35(28,29)30/h25-26H,6-24H2,1-5H3,(H-,28,29,30). The molecule has 10 heteroatoms. The zero-order chi connectivity index (χ0) is 27.5. The van der Waals surface area contributed by atoms with Gasteiger partial charge in [0.25, 0.3) is 7.82 Å². The number of rotatable bonds is 25. The number of phosphoric ester groups is 1. The van der Waals surface area contributed by atoms with Crippen LogP contribution < -0.4 is 4.89 Å². The van der Waals surface area contributed by atoms with Gasteiger partial charge in [0, 0.05) is 19.4 Å². The van der Waals surface area contributed by atoms with Gasteiger partial charge in [-0.1, -0.05) is 90.4 Å². The highest BCUT2D eigenvalue weighted by Gasteiger charge is 2.31. The first-order valence-corrected chi connectivity index (χ1v) is 17.3. The van der Waals surface area contributed by atoms with Crippen molar-refractivity contribution in [1.82, 2.24) is 0 Å². The van der Waals surface area contributed by atoms with Gasteiger partial charge in [-0.15, -0.1) is 0 Å². The van der Waals surface area contributed by atoms with Crippen LogP contribution in [0.15, 0.2) is 0 Å². The van der Waals surface area contributed by atoms with E-state index in [-0.39, 0.29) is 36.7 Å². The second-order valence-corrected chi connectivity index (χ2v) is 14.7. The molecule has 0 aromatic heterocycles. The number of sulfone groups is 1. The highest BCUT2D eigenvalue weighted by Crippen LogP contribution is 2.32. The summed E-state index contributed by atoms with van der Waals surface area (Å²) in [6, 6.07) is -0.309. The number of hydrogen-bond donors (Lipinski definition) is 1. The summed E-state index contributed by atoms with van der Waals surface area (Å²) in [5, 5.41) is 0. The Morgan fingerprint density at radius 2 is 1.28 bits per heavy atom. The van der Waals surface area contributed by atoms with Crippen LogP contribution in [0.5, 0.6) is 0 Å². The molecule has 0 spiro atoms. The molecule has 0 aromatic carbocycles. The van der Waals surface area contributed by atoms with E-state index in [9.17, 15) is 17.9 Å². The predicted molar refractivity (Wildman–Crippen MR) is 147 cm³/mol. The van der Waals surface area contributed by atoms with Crippen LogP contribution in [0.3, 0.4) is 0 Å². The maximum Gasteiger partial charge on any atom is 0.265 e. The first-order chi connectivity index (χ1) is 16.8. The van der Waals surface area contributed by atoms with Gasteiger partial charge in [-0.25, -0.2) is 8.42 Å². The zero-order valence-electron chi connectivity index (χ0n) is 23.8. The Hall–Kier alpha value is -0.0200. The third-order valence-electron chi connectivity index (χ3n) is 6.83. The van der Waals surface area contributed by atoms with Gasteiger partial charge in [0.2, 0.25) is 0 Å². The average molecular weight is 558 g/mol. The fraction of sp³-hybridized carbons (Fsp3) is 1.00. The molecular weight excluding hydrogens is 501 g/mol. The van der Waals surface area contributed by atoms with E-state index in [1.165, 1.54) is 77.7 Å². The molecule has 1 N–H and O–H groups in total. The molecule has 8 nitrogen and oxygen atoms in total. The Labute approximate surface area is 222 Å². The molecule has 3 atom stereocenters. The number of phosphoric acid groups is 1. The van der Waals surface area contributed by atoms with Crippen molar-refractivity contribution in [2.75, 3.05) is 53.0 Å². The van der Waals surface area contributed by atoms with E-state index >= 15 is 0 Å². The summed E-state index contributed by atoms with van der Waals surface area (Å²) in [5.74, 6) is -0.102. The minimum Gasteiger partial charge on any atom is -0.756 e. The van der Waals surface area contributed by atoms with E-state index in [4.69, 9.17) is 9.63 Å². The molecule has 36 heavy (non-hydrogen) atoms. The summed E-state index contributed by atoms with van der Waals surface area (Å²) in [5.41, 5.74) is 0. The zero-order valence-corrected chi connectivity index (χ0v) is 25.5. The van der Waals surface area contributed by atoms with Gasteiger partial charge in [-0.05, 0) is 6.42 Å². The first-order valence-electron chi connectivity index (χ1n) is 14.0. The molecule has 218 valence electrons. The van der Waals surface area contributed by atoms with Gasteiger partial charge in [0.15, 0.2) is 9.84 Å². The van der Waals surface area contributed by atoms with E-state index in [0.29, 0.717) is 17.3 Å². The van der Waals surface area contributed by atoms with Gasteiger partial charge in [-0.2, -0.15) is 0 Å². The average Bonchev–Trinajstić information content (AvgIpc) is 2.75. The molecule has 0 bridgehead atoms. The molecule has 0 aliphatic carbocycles. The Morgan fingerprint density at radius 3 is 1.67 bits per heavy atom. The Morgan fingerprint density at radius 1 is 0.833 bits per heavy atom. The predicted octanol–water partition coefficient (Wildman–Crippen LogP) is 5.09. The second-order valence-electron chi connectivity index (χ2n) is 11.3. The van der Waals surface area contributed by atoms with Crippen LogP contribution in [-0.4, -0.2) is 76.8 Å². The molecular formula is C26H56NO7PS. The normalized spacial score (nSPS) is 16.1. The van der Waals surface area contributed by atoms with Crippen molar-refractivity contribution in [2.45, 2.75) is 109 Å². The molecule has 0 rings (SSSR count). The van der Waals surface area contributed by atoms with Crippen molar-refractivity contribution >= 4 is 17.7 Å². The largest absolute Gasteiger partial charge is 0.756 e. The molecule has 0 amide bonds. The molecule has 0 aromatic rings. The molecule has 0 heterocycles. The van der Waals surface area contributed by atoms with Crippen LogP contribution in [0, 0.1) is 5.92 Å². The lowest BCUT2D eigenvalue weighted by molar-refractivity contribution is -0.897. The second kappa shape index (κ2) is 20.0. The van der Waals surface area contributed by atoms with Gasteiger partial charge in [0.1, 0.15) is 12.6 Å². The van der Waals surface area contributed by atoms with Crippen LogP contribution >= 0.6 is 7.82 Å². The Balaban J connectivity index is 4.23. The minimum absolute atomic E-state index is 0.00391. The van der Waals surface area contributed by atoms with Gasteiger partial charge in [-0.3, -0.25) is 4.57 Å². The summed E-state index contributed by atoms with van der Waals surface area (Å²) >= 11 is 0. The third kappa shape index (κ3) is 22.0. The highest BCUT2D eigenvalue weighted by atomic mass is 32.2. The van der Waals surface area contributed by atoms with E-state index in [0.717, 1.165) is 12.8 Å². The quantitative estimate of drug-likeness (QED) is 0.0945. The van der Waals surface area contributed by atoms with Gasteiger partial charge in [0.05, 0.1) is 39.3 Å². The third-order valence-corrected chi connectivity index (χ3v) is 9.20. The van der Waals surface area contributed by atoms with E-state index < -0.39 is 17.7 Å². The fourth-order valence-corrected chi connectivity index (χ4v) is 6.67. The fourth-order valence-electron chi connectivity index (χ4n) is 4.55. The molecule has 0 saturated carbocycles. The SMILES string of the molecule is CCCCCCCCCCCCCCCCS(=O)(=O)CC(COC)CC(COP(=O)([O-])O)[N+](C)(C)C. The molecule has 3 unspecified atom stereocenters. The topological polar surface area (TPSA) is 113 Å². The number of hydrogen-bond acceptors (Lipinski definition) is 6. The maximum atomic E-state index is 12.8. The van der Waals surface area contributed by atoms with Crippen molar-refractivity contribution in [3.8, 4) is 0 Å². The molecule has 0 saturated heterocycles. The van der Waals surface area contributed by atoms with Crippen molar-refractivity contribution in [3.63, 3.8) is 0 Å². The molecule has 0 aliphatic rings. The van der Waals surface area contributed by atoms with Gasteiger partial charge >= 0.3 is 0 Å². The summed E-state index contributed by atoms with van der Waals surface area (Å²) in [4.78, 5) is 20.0. The molecule has 0 fully saturated rings. The number of quaternary nitrogens is 1. The van der Waals surface area contributed by atoms with Crippen molar-refractivity contribution in [3.05, 3.63) is 0 Å². The summed E-state index contributed by atoms with van der Waals surface area (Å²) in [6.45, 7) is 2.31. The molecule has 0 radical (unpaired) electrons. The van der Waals surface area contributed by atoms with E-state index in [1.807, 2.05) is 21.1 Å². The number of nitrogens with zero attached hydrogens (tertiary/aromatic N) is 1. The lowest BCUT2D eigenvalue weighted by atomic mass is 10.0. The number of methoxy groups -OCH3 is 1. The van der Waals surface area contributed by atoms with E-state index in [1.54, 1.807) is 0 Å². The van der Waals surface area contributed by atoms with Crippen LogP contribution in [0.1, 0.15) is 103 Å². The van der Waals surface area contributed by atoms with Gasteiger partial charge < -0.3 is 23.5 Å².